The van der Waals surface area contributed by atoms with Crippen molar-refractivity contribution in [2.24, 2.45) is 56.6 Å². The van der Waals surface area contributed by atoms with Gasteiger partial charge in [0, 0.05) is 85.2 Å². The quantitative estimate of drug-likeness (QED) is 0.0150. The maximum atomic E-state index is 15.0. The van der Waals surface area contributed by atoms with E-state index in [9.17, 15) is 53.4 Å². The first kappa shape index (κ1) is 70.9. The number of carbonyl (C=O) groups excluding carboxylic acids is 9. The van der Waals surface area contributed by atoms with Crippen molar-refractivity contribution >= 4 is 91.4 Å². The molecule has 6 amide bonds. The third-order valence-electron chi connectivity index (χ3n) is 16.1. The van der Waals surface area contributed by atoms with Crippen LogP contribution in [-0.2, 0) is 54.4 Å². The van der Waals surface area contributed by atoms with Gasteiger partial charge < -0.3 is 64.2 Å². The van der Waals surface area contributed by atoms with Gasteiger partial charge >= 0.3 is 5.97 Å². The minimum Gasteiger partial charge on any atom is -0.508 e. The number of amides is 6. The number of phenols is 1. The monoisotopic (exact) mass is 1220 g/mol. The second kappa shape index (κ2) is 35.8. The zero-order chi connectivity index (χ0) is 62.8. The van der Waals surface area contributed by atoms with Gasteiger partial charge in [-0.25, -0.2) is 0 Å². The van der Waals surface area contributed by atoms with Gasteiger partial charge in [0.2, 0.25) is 35.4 Å². The minimum atomic E-state index is -1.93. The van der Waals surface area contributed by atoms with Crippen molar-refractivity contribution in [3.8, 4) is 5.75 Å². The summed E-state index contributed by atoms with van der Waals surface area (Å²) in [5.41, 5.74) is 23.1. The van der Waals surface area contributed by atoms with Crippen molar-refractivity contribution in [1.29, 1.82) is 0 Å². The molecular weight excluding hydrogens is 1130 g/mol. The number of benzene rings is 1. The first-order chi connectivity index (χ1) is 40.3. The number of hydrogen-bond donors (Lipinski definition) is 11. The number of carbonyl (C=O) groups is 10. The highest BCUT2D eigenvalue weighted by Gasteiger charge is 2.43. The van der Waals surface area contributed by atoms with Crippen LogP contribution in [0.3, 0.4) is 0 Å². The van der Waals surface area contributed by atoms with Crippen LogP contribution in [0.5, 0.6) is 5.75 Å². The first-order valence-electron chi connectivity index (χ1n) is 30.3. The van der Waals surface area contributed by atoms with Gasteiger partial charge in [-0.15, -0.1) is 0 Å². The number of ketones is 3. The Hall–Kier alpha value is -6.57. The number of Topliss-reactive ketones (excluding diaryl/α,β-unsaturated/α-hetero) is 3. The molecule has 8 atom stereocenters. The molecule has 1 aliphatic carbocycles. The average molecular weight is 1230 g/mol. The number of carboxylic acids is 1. The number of hydrogen-bond acceptors (Lipinski definition) is 14. The van der Waals surface area contributed by atoms with Crippen LogP contribution in [0.1, 0.15) is 141 Å². The standard InChI is InChI=1S/C59H96N12O12SSi/c1-37(72)67-45(17-8-9-26-64-51(77)25-31-84)56(81)71-30-13-20-47(71)54(79)68-44(18-11-28-66-59(62)63)48(74)33-40(16-10-27-65-58(60)61)55(80)70-29-12-19-46(70)49(75)34-41(32-38-21-23-43(73)24-22-38)53(78)69-52(39-14-6-5-7-15-39)50(76)35-42(57(82)83)36-85(2,3)4/h21-24,39-42,44-47,52,73,84H,5-20,25-36H2,1-4H3,(H,64,77)(H,67,72)(H,68,79)(H,69,78)(H,82,83)(H4,60,61,65)(H4,62,63,66)/t40-,41-,42+,44-,45+,46+,47+,52+/m1/s1. The maximum absolute atomic E-state index is 15.0. The summed E-state index contributed by atoms with van der Waals surface area (Å²) in [6.45, 7) is 8.40. The number of thiol groups is 1. The molecule has 0 bridgehead atoms. The van der Waals surface area contributed by atoms with E-state index in [1.54, 1.807) is 12.1 Å². The van der Waals surface area contributed by atoms with E-state index in [-0.39, 0.29) is 139 Å². The summed E-state index contributed by atoms with van der Waals surface area (Å²) in [6, 6.07) is 1.50. The van der Waals surface area contributed by atoms with Crippen molar-refractivity contribution in [1.82, 2.24) is 31.1 Å². The molecule has 474 valence electrons. The number of guanidine groups is 2. The molecule has 2 heterocycles. The number of rotatable bonds is 37. The number of nitrogens with two attached hydrogens (primary N) is 4. The third-order valence-corrected chi connectivity index (χ3v) is 18.1. The van der Waals surface area contributed by atoms with Gasteiger partial charge in [-0.2, -0.15) is 12.6 Å². The molecule has 0 spiro atoms. The number of aliphatic carboxylic acids is 1. The normalized spacial score (nSPS) is 18.4. The Bertz CT molecular complexity index is 2500. The number of unbranched alkanes of at least 4 members (excludes halogenated alkanes) is 1. The zero-order valence-corrected chi connectivity index (χ0v) is 52.2. The second-order valence-electron chi connectivity index (χ2n) is 24.4. The maximum Gasteiger partial charge on any atom is 0.306 e. The number of nitrogens with one attached hydrogen (secondary N) is 4. The Morgan fingerprint density at radius 1 is 0.671 bits per heavy atom. The fourth-order valence-corrected chi connectivity index (χ4v) is 13.9. The molecule has 3 aliphatic rings. The molecule has 1 aromatic rings. The molecule has 26 heteroatoms. The van der Waals surface area contributed by atoms with Gasteiger partial charge in [-0.05, 0) is 125 Å². The lowest BCUT2D eigenvalue weighted by atomic mass is 9.80. The highest BCUT2D eigenvalue weighted by Crippen LogP contribution is 2.32. The molecule has 14 N–H and O–H groups in total. The van der Waals surface area contributed by atoms with Crippen molar-refractivity contribution < 1.29 is 58.2 Å². The number of aliphatic imine (C=N–C) groups is 2. The van der Waals surface area contributed by atoms with Gasteiger partial charge in [-0.1, -0.05) is 51.0 Å². The topological polar surface area (TPSA) is 395 Å². The molecule has 0 unspecified atom stereocenters. The summed E-state index contributed by atoms with van der Waals surface area (Å²) in [4.78, 5) is 150. The fourth-order valence-electron chi connectivity index (χ4n) is 11.9. The fraction of sp³-hybridized carbons (Fsp3) is 0.695. The van der Waals surface area contributed by atoms with Gasteiger partial charge in [0.1, 0.15) is 17.8 Å². The van der Waals surface area contributed by atoms with E-state index in [4.69, 9.17) is 22.9 Å². The number of phenolic OH excluding ortho intramolecular Hbond substituents is 1. The van der Waals surface area contributed by atoms with E-state index < -0.39 is 103 Å². The van der Waals surface area contributed by atoms with E-state index in [0.717, 1.165) is 19.3 Å². The molecule has 2 aliphatic heterocycles. The first-order valence-corrected chi connectivity index (χ1v) is 34.7. The SMILES string of the molecule is CC(=O)N[C@@H](CCCCNC(=O)CCS)C(=O)N1CCC[C@H]1C(=O)N[C@H](CCCN=C(N)N)C(=O)C[C@@H](CCCN=C(N)N)C(=O)N1CCC[C@H]1C(=O)C[C@@H](Cc1ccc(O)cc1)C(=O)N[C@H](C(=O)C[C@@H](C[Si](C)(C)C)C(=O)O)C1CCCCC1. The Morgan fingerprint density at radius 3 is 1.85 bits per heavy atom. The van der Waals surface area contributed by atoms with E-state index in [0.29, 0.717) is 62.4 Å². The van der Waals surface area contributed by atoms with Crippen LogP contribution in [0.25, 0.3) is 0 Å². The Morgan fingerprint density at radius 2 is 1.26 bits per heavy atom. The molecular formula is C59H96N12O12SSi. The van der Waals surface area contributed by atoms with Crippen LogP contribution in [0, 0.1) is 23.7 Å². The summed E-state index contributed by atoms with van der Waals surface area (Å²) < 4.78 is 0. The average Bonchev–Trinajstić information content (AvgIpc) is 4.39. The van der Waals surface area contributed by atoms with Crippen LogP contribution in [0.2, 0.25) is 25.7 Å². The lowest BCUT2D eigenvalue weighted by Gasteiger charge is -2.33. The summed E-state index contributed by atoms with van der Waals surface area (Å²) >= 11 is 4.08. The zero-order valence-electron chi connectivity index (χ0n) is 50.3. The number of likely N-dealkylation sites (tertiary alicyclic amines) is 2. The summed E-state index contributed by atoms with van der Waals surface area (Å²) in [5, 5.41) is 31.7. The van der Waals surface area contributed by atoms with Gasteiger partial charge in [-0.3, -0.25) is 57.9 Å². The predicted molar refractivity (Wildman–Crippen MR) is 330 cm³/mol. The molecule has 2 saturated heterocycles. The van der Waals surface area contributed by atoms with Crippen LogP contribution in [-0.4, -0.2) is 167 Å². The Kier molecular flexibility index (Phi) is 29.8. The van der Waals surface area contributed by atoms with Crippen molar-refractivity contribution in [3.05, 3.63) is 29.8 Å². The van der Waals surface area contributed by atoms with E-state index >= 15 is 4.79 Å². The Balaban J connectivity index is 1.60. The van der Waals surface area contributed by atoms with Crippen molar-refractivity contribution in [2.75, 3.05) is 38.5 Å². The van der Waals surface area contributed by atoms with Gasteiger partial charge in [0.15, 0.2) is 29.3 Å². The second-order valence-corrected chi connectivity index (χ2v) is 30.3. The lowest BCUT2D eigenvalue weighted by molar-refractivity contribution is -0.144. The molecule has 0 radical (unpaired) electrons. The van der Waals surface area contributed by atoms with E-state index in [2.05, 4.69) is 43.9 Å². The molecule has 1 saturated carbocycles. The Labute approximate surface area is 506 Å². The highest BCUT2D eigenvalue weighted by molar-refractivity contribution is 7.80. The highest BCUT2D eigenvalue weighted by atomic mass is 32.1. The number of carboxylic acid groups (broad SMARTS) is 1. The molecule has 4 rings (SSSR count). The van der Waals surface area contributed by atoms with E-state index in [1.165, 1.54) is 28.9 Å². The minimum absolute atomic E-state index is 0.00465. The van der Waals surface area contributed by atoms with Crippen LogP contribution >= 0.6 is 12.6 Å². The third kappa shape index (κ3) is 24.7. The van der Waals surface area contributed by atoms with E-state index in [1.807, 2.05) is 19.6 Å². The van der Waals surface area contributed by atoms with Gasteiger partial charge in [0.25, 0.3) is 0 Å². The molecule has 3 fully saturated rings. The number of nitrogens with zero attached hydrogens (tertiary/aromatic N) is 4. The summed E-state index contributed by atoms with van der Waals surface area (Å²) in [7, 11) is -1.93. The summed E-state index contributed by atoms with van der Waals surface area (Å²) in [6.07, 6.45) is 6.68. The molecule has 0 aromatic heterocycles. The van der Waals surface area contributed by atoms with Gasteiger partial charge in [0.05, 0.1) is 24.0 Å². The van der Waals surface area contributed by atoms with Crippen molar-refractivity contribution in [2.45, 2.75) is 198 Å². The molecule has 24 nitrogen and oxygen atoms in total. The molecule has 1 aromatic carbocycles. The van der Waals surface area contributed by atoms with Crippen LogP contribution in [0.4, 0.5) is 0 Å². The summed E-state index contributed by atoms with van der Waals surface area (Å²) in [5.74, 6) is -8.21. The van der Waals surface area contributed by atoms with Crippen LogP contribution in [0.15, 0.2) is 34.3 Å². The smallest absolute Gasteiger partial charge is 0.306 e. The number of aromatic hydroxyl groups is 1. The molecule has 85 heavy (non-hydrogen) atoms. The largest absolute Gasteiger partial charge is 0.508 e. The lowest BCUT2D eigenvalue weighted by Crippen LogP contribution is -2.55. The van der Waals surface area contributed by atoms with Crippen molar-refractivity contribution in [3.63, 3.8) is 0 Å². The predicted octanol–water partition coefficient (Wildman–Crippen LogP) is 2.83. The van der Waals surface area contributed by atoms with Crippen LogP contribution < -0.4 is 44.2 Å².